The number of fused-ring (bicyclic) bond motifs is 1. The van der Waals surface area contributed by atoms with Crippen LogP contribution < -0.4 is 10.9 Å². The van der Waals surface area contributed by atoms with E-state index >= 15 is 0 Å². The summed E-state index contributed by atoms with van der Waals surface area (Å²) in [5, 5.41) is 9.18. The van der Waals surface area contributed by atoms with Crippen LogP contribution in [-0.2, 0) is 6.42 Å². The predicted molar refractivity (Wildman–Crippen MR) is 71.0 cm³/mol. The molecule has 0 aliphatic heterocycles. The molecule has 1 aromatic carbocycles. The van der Waals surface area contributed by atoms with Gasteiger partial charge in [-0.2, -0.15) is 5.10 Å². The van der Waals surface area contributed by atoms with E-state index in [-0.39, 0.29) is 16.9 Å². The van der Waals surface area contributed by atoms with E-state index in [9.17, 15) is 9.18 Å². The maximum atomic E-state index is 13.6. The maximum absolute atomic E-state index is 13.6. The van der Waals surface area contributed by atoms with Crippen LogP contribution in [0.1, 0.15) is 23.6 Å². The van der Waals surface area contributed by atoms with E-state index in [0.717, 1.165) is 17.5 Å². The summed E-state index contributed by atoms with van der Waals surface area (Å²) >= 11 is 5.91. The Labute approximate surface area is 113 Å². The number of hydrogen-bond acceptors (Lipinski definition) is 3. The molecule has 0 amide bonds. The number of benzene rings is 1. The lowest BCUT2D eigenvalue weighted by Gasteiger charge is -2.15. The fraction of sp³-hybridized carbons (Fsp3) is 0.231. The van der Waals surface area contributed by atoms with Gasteiger partial charge in [0.15, 0.2) is 0 Å². The Morgan fingerprint density at radius 1 is 1.47 bits per heavy atom. The highest BCUT2D eigenvalue weighted by Gasteiger charge is 2.25. The Hall–Kier alpha value is -1.88. The molecule has 1 heterocycles. The molecule has 0 unspecified atom stereocenters. The van der Waals surface area contributed by atoms with Gasteiger partial charge in [0.25, 0.3) is 5.56 Å². The summed E-state index contributed by atoms with van der Waals surface area (Å²) in [4.78, 5) is 11.4. The number of aromatic amines is 1. The van der Waals surface area contributed by atoms with Gasteiger partial charge < -0.3 is 5.32 Å². The van der Waals surface area contributed by atoms with Crippen LogP contribution in [-0.4, -0.2) is 10.2 Å². The molecule has 1 aliphatic rings. The standard InChI is InChI=1S/C13H11ClFN3O/c14-12-11(6-16-18-13(12)19)17-10-5-4-7-8(10)2-1-3-9(7)15/h1-3,6,10H,4-5H2,(H2,17,18,19)/t10-/m1/s1. The number of hydrogen-bond donors (Lipinski definition) is 2. The Morgan fingerprint density at radius 2 is 2.32 bits per heavy atom. The van der Waals surface area contributed by atoms with E-state index in [1.54, 1.807) is 6.07 Å². The van der Waals surface area contributed by atoms with Gasteiger partial charge in [-0.1, -0.05) is 23.7 Å². The number of rotatable bonds is 2. The predicted octanol–water partition coefficient (Wildman–Crippen LogP) is 2.66. The number of aromatic nitrogens is 2. The minimum absolute atomic E-state index is 0.0493. The molecule has 19 heavy (non-hydrogen) atoms. The van der Waals surface area contributed by atoms with Crippen molar-refractivity contribution in [3.8, 4) is 0 Å². The van der Waals surface area contributed by atoms with Gasteiger partial charge >= 0.3 is 0 Å². The van der Waals surface area contributed by atoms with E-state index in [2.05, 4.69) is 15.5 Å². The van der Waals surface area contributed by atoms with Crippen LogP contribution in [0.15, 0.2) is 29.2 Å². The van der Waals surface area contributed by atoms with Crippen molar-refractivity contribution in [3.05, 3.63) is 56.7 Å². The monoisotopic (exact) mass is 279 g/mol. The zero-order valence-corrected chi connectivity index (χ0v) is 10.7. The quantitative estimate of drug-likeness (QED) is 0.888. The van der Waals surface area contributed by atoms with Crippen molar-refractivity contribution in [1.29, 1.82) is 0 Å². The van der Waals surface area contributed by atoms with E-state index in [0.29, 0.717) is 12.1 Å². The van der Waals surface area contributed by atoms with Gasteiger partial charge in [-0.25, -0.2) is 9.49 Å². The zero-order valence-electron chi connectivity index (χ0n) is 9.91. The topological polar surface area (TPSA) is 57.8 Å². The zero-order chi connectivity index (χ0) is 13.4. The van der Waals surface area contributed by atoms with Gasteiger partial charge in [0.1, 0.15) is 10.8 Å². The van der Waals surface area contributed by atoms with Crippen LogP contribution in [0.3, 0.4) is 0 Å². The number of halogens is 2. The van der Waals surface area contributed by atoms with Gasteiger partial charge in [-0.05, 0) is 30.0 Å². The second-order valence-electron chi connectivity index (χ2n) is 4.47. The molecule has 6 heteroatoms. The smallest absolute Gasteiger partial charge is 0.285 e. The summed E-state index contributed by atoms with van der Waals surface area (Å²) in [6.07, 6.45) is 2.90. The van der Waals surface area contributed by atoms with E-state index in [4.69, 9.17) is 11.6 Å². The molecule has 2 N–H and O–H groups in total. The van der Waals surface area contributed by atoms with Gasteiger partial charge in [-0.15, -0.1) is 0 Å². The van der Waals surface area contributed by atoms with E-state index in [1.807, 2.05) is 6.07 Å². The van der Waals surface area contributed by atoms with Crippen molar-refractivity contribution in [2.45, 2.75) is 18.9 Å². The lowest BCUT2D eigenvalue weighted by atomic mass is 10.1. The summed E-state index contributed by atoms with van der Waals surface area (Å²) in [6.45, 7) is 0. The summed E-state index contributed by atoms with van der Waals surface area (Å²) in [6, 6.07) is 4.98. The fourth-order valence-electron chi connectivity index (χ4n) is 2.43. The van der Waals surface area contributed by atoms with E-state index < -0.39 is 5.56 Å². The molecule has 0 saturated carbocycles. The van der Waals surface area contributed by atoms with Crippen LogP contribution >= 0.6 is 11.6 Å². The highest BCUT2D eigenvalue weighted by atomic mass is 35.5. The van der Waals surface area contributed by atoms with Crippen LogP contribution in [0.4, 0.5) is 10.1 Å². The normalized spacial score (nSPS) is 17.3. The Bertz CT molecular complexity index is 686. The lowest BCUT2D eigenvalue weighted by molar-refractivity contribution is 0.612. The summed E-state index contributed by atoms with van der Waals surface area (Å²) in [7, 11) is 0. The van der Waals surface area contributed by atoms with Gasteiger partial charge in [-0.3, -0.25) is 4.79 Å². The minimum Gasteiger partial charge on any atom is -0.376 e. The second kappa shape index (κ2) is 4.66. The molecule has 3 rings (SSSR count). The fourth-order valence-corrected chi connectivity index (χ4v) is 2.58. The molecule has 0 fully saturated rings. The lowest BCUT2D eigenvalue weighted by Crippen LogP contribution is -2.14. The number of nitrogens with one attached hydrogen (secondary N) is 2. The summed E-state index contributed by atoms with van der Waals surface area (Å²) in [5.74, 6) is -0.183. The molecule has 0 spiro atoms. The molecule has 98 valence electrons. The highest BCUT2D eigenvalue weighted by Crippen LogP contribution is 2.35. The molecule has 1 aliphatic carbocycles. The molecule has 1 aromatic heterocycles. The van der Waals surface area contributed by atoms with E-state index in [1.165, 1.54) is 12.3 Å². The third kappa shape index (κ3) is 2.10. The molecular formula is C13H11ClFN3O. The van der Waals surface area contributed by atoms with Crippen molar-refractivity contribution < 1.29 is 4.39 Å². The second-order valence-corrected chi connectivity index (χ2v) is 4.85. The number of nitrogens with zero attached hydrogens (tertiary/aromatic N) is 1. The minimum atomic E-state index is -0.441. The van der Waals surface area contributed by atoms with Crippen LogP contribution in [0, 0.1) is 5.82 Å². The molecule has 2 aromatic rings. The molecule has 1 atom stereocenters. The van der Waals surface area contributed by atoms with Gasteiger partial charge in [0, 0.05) is 0 Å². The largest absolute Gasteiger partial charge is 0.376 e. The average molecular weight is 280 g/mol. The Kier molecular flexibility index (Phi) is 2.98. The van der Waals surface area contributed by atoms with Gasteiger partial charge in [0.05, 0.1) is 17.9 Å². The summed E-state index contributed by atoms with van der Waals surface area (Å²) in [5.41, 5.74) is 1.67. The van der Waals surface area contributed by atoms with Crippen molar-refractivity contribution in [3.63, 3.8) is 0 Å². The van der Waals surface area contributed by atoms with Gasteiger partial charge in [0.2, 0.25) is 0 Å². The van der Waals surface area contributed by atoms with Crippen molar-refractivity contribution in [1.82, 2.24) is 10.2 Å². The highest BCUT2D eigenvalue weighted by molar-refractivity contribution is 6.32. The first-order valence-electron chi connectivity index (χ1n) is 5.94. The molecule has 4 nitrogen and oxygen atoms in total. The number of anilines is 1. The maximum Gasteiger partial charge on any atom is 0.285 e. The van der Waals surface area contributed by atoms with Crippen LogP contribution in [0.5, 0.6) is 0 Å². The first-order chi connectivity index (χ1) is 9.16. The van der Waals surface area contributed by atoms with Crippen LogP contribution in [0.2, 0.25) is 5.02 Å². The summed E-state index contributed by atoms with van der Waals surface area (Å²) < 4.78 is 13.6. The Balaban J connectivity index is 1.93. The first kappa shape index (κ1) is 12.2. The third-order valence-corrected chi connectivity index (χ3v) is 3.71. The average Bonchev–Trinajstić information content (AvgIpc) is 2.80. The van der Waals surface area contributed by atoms with Crippen molar-refractivity contribution >= 4 is 17.3 Å². The molecule has 0 radical (unpaired) electrons. The third-order valence-electron chi connectivity index (χ3n) is 3.34. The van der Waals surface area contributed by atoms with Crippen molar-refractivity contribution in [2.75, 3.05) is 5.32 Å². The molecule has 0 saturated heterocycles. The molecular weight excluding hydrogens is 269 g/mol. The SMILES string of the molecule is O=c1[nH]ncc(N[C@@H]2CCc3c(F)cccc32)c1Cl. The van der Waals surface area contributed by atoms with Crippen LogP contribution in [0.25, 0.3) is 0 Å². The molecule has 0 bridgehead atoms. The van der Waals surface area contributed by atoms with Crippen molar-refractivity contribution in [2.24, 2.45) is 0 Å². The first-order valence-corrected chi connectivity index (χ1v) is 6.31. The Morgan fingerprint density at radius 3 is 3.16 bits per heavy atom. The number of H-pyrrole nitrogens is 1.